The molecule has 1 aliphatic heterocycles. The highest BCUT2D eigenvalue weighted by atomic mass is 16.2. The van der Waals surface area contributed by atoms with Crippen LogP contribution in [0.2, 0.25) is 0 Å². The van der Waals surface area contributed by atoms with Gasteiger partial charge in [0.25, 0.3) is 5.91 Å². The van der Waals surface area contributed by atoms with E-state index < -0.39 is 0 Å². The summed E-state index contributed by atoms with van der Waals surface area (Å²) in [4.78, 5) is 22.4. The molecule has 1 amide bonds. The fraction of sp³-hybridized carbons (Fsp3) is 0.308. The Hall–Kier alpha value is -2.17. The molecule has 0 spiro atoms. The number of amides is 1. The minimum Gasteiger partial charge on any atom is -0.331 e. The van der Waals surface area contributed by atoms with Gasteiger partial charge in [-0.1, -0.05) is 0 Å². The van der Waals surface area contributed by atoms with E-state index in [-0.39, 0.29) is 5.91 Å². The average molecular weight is 242 g/mol. The molecule has 3 rings (SSSR count). The third-order valence-electron chi connectivity index (χ3n) is 3.32. The van der Waals surface area contributed by atoms with Gasteiger partial charge in [-0.2, -0.15) is 0 Å². The van der Waals surface area contributed by atoms with Crippen molar-refractivity contribution in [2.75, 3.05) is 6.54 Å². The highest BCUT2D eigenvalue weighted by molar-refractivity contribution is 5.95. The standard InChI is InChI=1S/C13H14N4O/c1-10-2-3-14-7-12(10)13(18)16-4-5-17-9-15-6-11(17)8-16/h2-3,6-7,9H,4-5,8H2,1H3. The Bertz CT molecular complexity index is 590. The average Bonchev–Trinajstić information content (AvgIpc) is 2.85. The molecule has 2 aromatic heterocycles. The van der Waals surface area contributed by atoms with Crippen LogP contribution in [0.25, 0.3) is 0 Å². The summed E-state index contributed by atoms with van der Waals surface area (Å²) in [6.07, 6.45) is 6.98. The van der Waals surface area contributed by atoms with Crippen LogP contribution in [0.15, 0.2) is 31.0 Å². The number of hydrogen-bond donors (Lipinski definition) is 0. The van der Waals surface area contributed by atoms with Gasteiger partial charge in [-0.15, -0.1) is 0 Å². The summed E-state index contributed by atoms with van der Waals surface area (Å²) in [5.74, 6) is 0.0491. The lowest BCUT2D eigenvalue weighted by molar-refractivity contribution is 0.0710. The monoisotopic (exact) mass is 242 g/mol. The number of carbonyl (C=O) groups is 1. The summed E-state index contributed by atoms with van der Waals surface area (Å²) in [6, 6.07) is 1.86. The number of carbonyl (C=O) groups excluding carboxylic acids is 1. The van der Waals surface area contributed by atoms with Crippen LogP contribution >= 0.6 is 0 Å². The van der Waals surface area contributed by atoms with Gasteiger partial charge in [0.1, 0.15) is 0 Å². The lowest BCUT2D eigenvalue weighted by Crippen LogP contribution is -2.38. The minimum absolute atomic E-state index is 0.0491. The third-order valence-corrected chi connectivity index (χ3v) is 3.32. The van der Waals surface area contributed by atoms with Gasteiger partial charge in [-0.05, 0) is 18.6 Å². The van der Waals surface area contributed by atoms with Crippen LogP contribution in [0, 0.1) is 6.92 Å². The van der Waals surface area contributed by atoms with Crippen molar-refractivity contribution in [1.82, 2.24) is 19.4 Å². The van der Waals surface area contributed by atoms with E-state index >= 15 is 0 Å². The molecule has 0 radical (unpaired) electrons. The van der Waals surface area contributed by atoms with E-state index in [1.807, 2.05) is 30.4 Å². The van der Waals surface area contributed by atoms with Crippen LogP contribution in [0.5, 0.6) is 0 Å². The Labute approximate surface area is 105 Å². The topological polar surface area (TPSA) is 51.0 Å². The Kier molecular flexibility index (Phi) is 2.59. The number of imidazole rings is 1. The summed E-state index contributed by atoms with van der Waals surface area (Å²) >= 11 is 0. The fourth-order valence-corrected chi connectivity index (χ4v) is 2.22. The SMILES string of the molecule is Cc1ccncc1C(=O)N1CCn2cncc2C1. The first-order valence-electron chi connectivity index (χ1n) is 5.94. The summed E-state index contributed by atoms with van der Waals surface area (Å²) in [7, 11) is 0. The number of hydrogen-bond acceptors (Lipinski definition) is 3. The van der Waals surface area contributed by atoms with Gasteiger partial charge >= 0.3 is 0 Å². The van der Waals surface area contributed by atoms with Crippen molar-refractivity contribution in [2.45, 2.75) is 20.0 Å². The molecule has 2 aromatic rings. The van der Waals surface area contributed by atoms with Gasteiger partial charge in [0.2, 0.25) is 0 Å². The zero-order valence-electron chi connectivity index (χ0n) is 10.2. The van der Waals surface area contributed by atoms with Crippen LogP contribution in [0.3, 0.4) is 0 Å². The van der Waals surface area contributed by atoms with Gasteiger partial charge in [-0.3, -0.25) is 9.78 Å². The molecule has 0 unspecified atom stereocenters. The number of aromatic nitrogens is 3. The predicted octanol–water partition coefficient (Wildman–Crippen LogP) is 1.24. The molecular weight excluding hydrogens is 228 g/mol. The molecule has 0 fully saturated rings. The summed E-state index contributed by atoms with van der Waals surface area (Å²) in [5, 5.41) is 0. The molecule has 5 heteroatoms. The fourth-order valence-electron chi connectivity index (χ4n) is 2.22. The zero-order chi connectivity index (χ0) is 12.5. The minimum atomic E-state index is 0.0491. The maximum absolute atomic E-state index is 12.4. The van der Waals surface area contributed by atoms with E-state index in [1.165, 1.54) is 0 Å². The van der Waals surface area contributed by atoms with Crippen LogP contribution < -0.4 is 0 Å². The van der Waals surface area contributed by atoms with Gasteiger partial charge in [0.15, 0.2) is 0 Å². The molecule has 5 nitrogen and oxygen atoms in total. The Morgan fingerprint density at radius 1 is 1.28 bits per heavy atom. The second-order valence-electron chi connectivity index (χ2n) is 4.50. The molecule has 0 bridgehead atoms. The lowest BCUT2D eigenvalue weighted by Gasteiger charge is -2.28. The van der Waals surface area contributed by atoms with Crippen molar-refractivity contribution in [1.29, 1.82) is 0 Å². The number of fused-ring (bicyclic) bond motifs is 1. The van der Waals surface area contributed by atoms with Gasteiger partial charge in [0, 0.05) is 31.7 Å². The van der Waals surface area contributed by atoms with Crippen molar-refractivity contribution in [2.24, 2.45) is 0 Å². The third kappa shape index (κ3) is 1.77. The summed E-state index contributed by atoms with van der Waals surface area (Å²) < 4.78 is 2.08. The van der Waals surface area contributed by atoms with Crippen molar-refractivity contribution in [3.05, 3.63) is 47.8 Å². The van der Waals surface area contributed by atoms with Gasteiger partial charge in [0.05, 0.1) is 24.1 Å². The number of rotatable bonds is 1. The lowest BCUT2D eigenvalue weighted by atomic mass is 10.1. The van der Waals surface area contributed by atoms with E-state index in [9.17, 15) is 4.79 Å². The van der Waals surface area contributed by atoms with Gasteiger partial charge < -0.3 is 9.47 Å². The van der Waals surface area contributed by atoms with Crippen molar-refractivity contribution < 1.29 is 4.79 Å². The maximum atomic E-state index is 12.4. The molecule has 3 heterocycles. The highest BCUT2D eigenvalue weighted by Gasteiger charge is 2.22. The molecule has 92 valence electrons. The van der Waals surface area contributed by atoms with E-state index in [4.69, 9.17) is 0 Å². The maximum Gasteiger partial charge on any atom is 0.256 e. The molecule has 0 aliphatic carbocycles. The number of pyridine rings is 1. The van der Waals surface area contributed by atoms with Crippen molar-refractivity contribution >= 4 is 5.91 Å². The van der Waals surface area contributed by atoms with Crippen molar-refractivity contribution in [3.8, 4) is 0 Å². The van der Waals surface area contributed by atoms with Gasteiger partial charge in [-0.25, -0.2) is 4.98 Å². The second kappa shape index (κ2) is 4.25. The number of aryl methyl sites for hydroxylation is 1. The summed E-state index contributed by atoms with van der Waals surface area (Å²) in [5.41, 5.74) is 2.73. The number of nitrogens with zero attached hydrogens (tertiary/aromatic N) is 4. The molecule has 0 aromatic carbocycles. The molecule has 1 aliphatic rings. The summed E-state index contributed by atoms with van der Waals surface area (Å²) in [6.45, 7) is 4.08. The largest absolute Gasteiger partial charge is 0.331 e. The second-order valence-corrected chi connectivity index (χ2v) is 4.50. The van der Waals surface area contributed by atoms with E-state index in [1.54, 1.807) is 12.4 Å². The van der Waals surface area contributed by atoms with Crippen LogP contribution in [-0.2, 0) is 13.1 Å². The van der Waals surface area contributed by atoms with E-state index in [0.717, 1.165) is 24.3 Å². The molecule has 0 N–H and O–H groups in total. The normalized spacial score (nSPS) is 14.4. The van der Waals surface area contributed by atoms with Crippen LogP contribution in [0.1, 0.15) is 21.6 Å². The highest BCUT2D eigenvalue weighted by Crippen LogP contribution is 2.16. The van der Waals surface area contributed by atoms with E-state index in [0.29, 0.717) is 12.1 Å². The first-order chi connectivity index (χ1) is 8.75. The quantitative estimate of drug-likeness (QED) is 0.756. The Balaban J connectivity index is 1.85. The van der Waals surface area contributed by atoms with Crippen LogP contribution in [-0.4, -0.2) is 31.9 Å². The molecule has 0 saturated heterocycles. The first-order valence-corrected chi connectivity index (χ1v) is 5.94. The molecule has 0 atom stereocenters. The Morgan fingerprint density at radius 3 is 3.00 bits per heavy atom. The first kappa shape index (κ1) is 11.0. The van der Waals surface area contributed by atoms with Crippen LogP contribution in [0.4, 0.5) is 0 Å². The Morgan fingerprint density at radius 2 is 2.17 bits per heavy atom. The van der Waals surface area contributed by atoms with E-state index in [2.05, 4.69) is 14.5 Å². The molecule has 18 heavy (non-hydrogen) atoms. The zero-order valence-corrected chi connectivity index (χ0v) is 10.2. The molecule has 0 saturated carbocycles. The molecular formula is C13H14N4O. The van der Waals surface area contributed by atoms with Crippen molar-refractivity contribution in [3.63, 3.8) is 0 Å². The smallest absolute Gasteiger partial charge is 0.256 e. The predicted molar refractivity (Wildman–Crippen MR) is 65.9 cm³/mol.